The van der Waals surface area contributed by atoms with E-state index in [0.717, 1.165) is 0 Å². The van der Waals surface area contributed by atoms with Gasteiger partial charge in [0.1, 0.15) is 16.8 Å². The molecule has 1 saturated heterocycles. The number of nitrogens with zero attached hydrogens (tertiary/aromatic N) is 4. The molecule has 1 unspecified atom stereocenters. The summed E-state index contributed by atoms with van der Waals surface area (Å²) in [6.07, 6.45) is 2.84. The number of hydrogen-bond donors (Lipinski definition) is 0. The molecule has 0 N–H and O–H groups in total. The molecule has 0 radical (unpaired) electrons. The van der Waals surface area contributed by atoms with Crippen LogP contribution in [0.3, 0.4) is 0 Å². The molecule has 0 aliphatic carbocycles. The maximum Gasteiger partial charge on any atom is 0.410 e. The Hall–Kier alpha value is -3.23. The van der Waals surface area contributed by atoms with Gasteiger partial charge in [-0.15, -0.1) is 0 Å². The lowest BCUT2D eigenvalue weighted by Gasteiger charge is -2.35. The van der Waals surface area contributed by atoms with Crippen LogP contribution in [0.2, 0.25) is 0 Å². The van der Waals surface area contributed by atoms with Gasteiger partial charge in [-0.3, -0.25) is 4.79 Å². The van der Waals surface area contributed by atoms with Gasteiger partial charge in [-0.2, -0.15) is 0 Å². The standard InChI is InChI=1S/C23H29FN4O4/c1-22(2,3)32-21(30)28-12-10-27(11-13-28)20-25-14-17(15-26-20)23(4,19(29)31-5)16-6-8-18(24)9-7-16/h6-9,14-15H,10-13H2,1-5H3. The van der Waals surface area contributed by atoms with Gasteiger partial charge in [0, 0.05) is 44.1 Å². The maximum absolute atomic E-state index is 13.4. The van der Waals surface area contributed by atoms with Gasteiger partial charge in [0.05, 0.1) is 7.11 Å². The Bertz CT molecular complexity index is 951. The number of benzene rings is 1. The highest BCUT2D eigenvalue weighted by Crippen LogP contribution is 2.33. The van der Waals surface area contributed by atoms with E-state index in [-0.39, 0.29) is 6.09 Å². The van der Waals surface area contributed by atoms with Gasteiger partial charge in [-0.25, -0.2) is 19.2 Å². The second-order valence-corrected chi connectivity index (χ2v) is 8.85. The van der Waals surface area contributed by atoms with Gasteiger partial charge in [-0.1, -0.05) is 12.1 Å². The third-order valence-corrected chi connectivity index (χ3v) is 5.44. The molecule has 0 bridgehead atoms. The number of anilines is 1. The summed E-state index contributed by atoms with van der Waals surface area (Å²) in [4.78, 5) is 37.5. The smallest absolute Gasteiger partial charge is 0.410 e. The van der Waals surface area contributed by atoms with Gasteiger partial charge in [0.15, 0.2) is 0 Å². The number of rotatable bonds is 4. The summed E-state index contributed by atoms with van der Waals surface area (Å²) in [5.41, 5.74) is -0.611. The molecule has 2 aromatic rings. The van der Waals surface area contributed by atoms with Gasteiger partial charge in [0.25, 0.3) is 0 Å². The van der Waals surface area contributed by atoms with Crippen molar-refractivity contribution in [2.24, 2.45) is 0 Å². The zero-order valence-electron chi connectivity index (χ0n) is 19.1. The Balaban J connectivity index is 1.75. The molecular weight excluding hydrogens is 415 g/mol. The Labute approximate surface area is 187 Å². The molecule has 1 amide bonds. The Morgan fingerprint density at radius 2 is 1.50 bits per heavy atom. The van der Waals surface area contributed by atoms with Crippen molar-refractivity contribution in [1.29, 1.82) is 0 Å². The van der Waals surface area contributed by atoms with E-state index in [1.54, 1.807) is 36.4 Å². The van der Waals surface area contributed by atoms with Crippen molar-refractivity contribution < 1.29 is 23.5 Å². The number of amides is 1. The SMILES string of the molecule is COC(=O)C(C)(c1ccc(F)cc1)c1cnc(N2CCN(C(=O)OC(C)(C)C)CC2)nc1. The molecule has 1 aromatic heterocycles. The Kier molecular flexibility index (Phi) is 6.66. The number of hydrogen-bond acceptors (Lipinski definition) is 7. The second kappa shape index (κ2) is 9.10. The fourth-order valence-corrected chi connectivity index (χ4v) is 3.55. The molecule has 1 atom stereocenters. The number of carbonyl (C=O) groups excluding carboxylic acids is 2. The average Bonchev–Trinajstić information content (AvgIpc) is 2.77. The second-order valence-electron chi connectivity index (χ2n) is 8.85. The highest BCUT2D eigenvalue weighted by molar-refractivity contribution is 5.86. The van der Waals surface area contributed by atoms with Crippen molar-refractivity contribution in [3.05, 3.63) is 53.6 Å². The van der Waals surface area contributed by atoms with Crippen molar-refractivity contribution in [1.82, 2.24) is 14.9 Å². The number of piperazine rings is 1. The first kappa shape index (κ1) is 23.4. The maximum atomic E-state index is 13.4. The molecule has 0 spiro atoms. The molecule has 9 heteroatoms. The van der Waals surface area contributed by atoms with E-state index in [1.165, 1.54) is 19.2 Å². The van der Waals surface area contributed by atoms with Crippen LogP contribution in [0.15, 0.2) is 36.7 Å². The van der Waals surface area contributed by atoms with Crippen molar-refractivity contribution in [2.45, 2.75) is 38.7 Å². The fraction of sp³-hybridized carbons (Fsp3) is 0.478. The van der Waals surface area contributed by atoms with Crippen LogP contribution in [0.5, 0.6) is 0 Å². The Morgan fingerprint density at radius 1 is 0.938 bits per heavy atom. The minimum atomic E-state index is -1.18. The summed E-state index contributed by atoms with van der Waals surface area (Å²) in [5, 5.41) is 0. The summed E-state index contributed by atoms with van der Waals surface area (Å²) in [5.74, 6) is -0.381. The van der Waals surface area contributed by atoms with Crippen LogP contribution in [0.4, 0.5) is 15.1 Å². The largest absolute Gasteiger partial charge is 0.468 e. The molecular formula is C23H29FN4O4. The number of halogens is 1. The van der Waals surface area contributed by atoms with Crippen molar-refractivity contribution in [3.8, 4) is 0 Å². The number of ether oxygens (including phenoxy) is 2. The first-order chi connectivity index (χ1) is 15.0. The first-order valence-corrected chi connectivity index (χ1v) is 10.4. The van der Waals surface area contributed by atoms with Crippen LogP contribution in [0.25, 0.3) is 0 Å². The normalized spacial score (nSPS) is 16.3. The molecule has 8 nitrogen and oxygen atoms in total. The molecule has 1 aliphatic rings. The molecule has 32 heavy (non-hydrogen) atoms. The summed E-state index contributed by atoms with van der Waals surface area (Å²) < 4.78 is 23.8. The highest BCUT2D eigenvalue weighted by atomic mass is 19.1. The molecule has 1 fully saturated rings. The number of aromatic nitrogens is 2. The van der Waals surface area contributed by atoms with E-state index >= 15 is 0 Å². The van der Waals surface area contributed by atoms with E-state index in [2.05, 4.69) is 9.97 Å². The van der Waals surface area contributed by atoms with Gasteiger partial charge in [-0.05, 0) is 45.4 Å². The van der Waals surface area contributed by atoms with E-state index in [9.17, 15) is 14.0 Å². The Morgan fingerprint density at radius 3 is 2.00 bits per heavy atom. The lowest BCUT2D eigenvalue weighted by molar-refractivity contribution is -0.145. The fourth-order valence-electron chi connectivity index (χ4n) is 3.55. The topological polar surface area (TPSA) is 84.9 Å². The van der Waals surface area contributed by atoms with Crippen LogP contribution in [0, 0.1) is 5.82 Å². The lowest BCUT2D eigenvalue weighted by atomic mass is 9.77. The zero-order valence-corrected chi connectivity index (χ0v) is 19.1. The third-order valence-electron chi connectivity index (χ3n) is 5.44. The van der Waals surface area contributed by atoms with Crippen LogP contribution in [0.1, 0.15) is 38.8 Å². The van der Waals surface area contributed by atoms with E-state index < -0.39 is 22.8 Å². The molecule has 3 rings (SSSR count). The molecule has 0 saturated carbocycles. The van der Waals surface area contributed by atoms with E-state index in [4.69, 9.17) is 9.47 Å². The van der Waals surface area contributed by atoms with Gasteiger partial charge < -0.3 is 19.3 Å². The van der Waals surface area contributed by atoms with Crippen molar-refractivity contribution >= 4 is 18.0 Å². The number of methoxy groups -OCH3 is 1. The first-order valence-electron chi connectivity index (χ1n) is 10.4. The zero-order chi connectivity index (χ0) is 23.5. The van der Waals surface area contributed by atoms with Gasteiger partial charge >= 0.3 is 12.1 Å². The third kappa shape index (κ3) is 4.98. The van der Waals surface area contributed by atoms with Crippen LogP contribution >= 0.6 is 0 Å². The van der Waals surface area contributed by atoms with Crippen molar-refractivity contribution in [2.75, 3.05) is 38.2 Å². The predicted octanol–water partition coefficient (Wildman–Crippen LogP) is 3.15. The van der Waals surface area contributed by atoms with Crippen LogP contribution in [-0.4, -0.2) is 65.8 Å². The van der Waals surface area contributed by atoms with E-state index in [0.29, 0.717) is 43.3 Å². The van der Waals surface area contributed by atoms with Crippen molar-refractivity contribution in [3.63, 3.8) is 0 Å². The summed E-state index contributed by atoms with van der Waals surface area (Å²) in [7, 11) is 1.31. The van der Waals surface area contributed by atoms with E-state index in [1.807, 2.05) is 25.7 Å². The van der Waals surface area contributed by atoms with Crippen LogP contribution < -0.4 is 4.90 Å². The molecule has 172 valence electrons. The minimum absolute atomic E-state index is 0.332. The van der Waals surface area contributed by atoms with Gasteiger partial charge in [0.2, 0.25) is 5.95 Å². The average molecular weight is 445 g/mol. The number of carbonyl (C=O) groups is 2. The minimum Gasteiger partial charge on any atom is -0.468 e. The lowest BCUT2D eigenvalue weighted by Crippen LogP contribution is -2.50. The predicted molar refractivity (Wildman–Crippen MR) is 117 cm³/mol. The highest BCUT2D eigenvalue weighted by Gasteiger charge is 2.39. The van der Waals surface area contributed by atoms with Crippen LogP contribution in [-0.2, 0) is 19.7 Å². The molecule has 1 aliphatic heterocycles. The number of esters is 1. The molecule has 2 heterocycles. The summed E-state index contributed by atoms with van der Waals surface area (Å²) in [6, 6.07) is 5.71. The molecule has 1 aromatic carbocycles. The summed E-state index contributed by atoms with van der Waals surface area (Å²) >= 11 is 0. The monoisotopic (exact) mass is 444 g/mol. The quantitative estimate of drug-likeness (QED) is 0.670. The summed E-state index contributed by atoms with van der Waals surface area (Å²) in [6.45, 7) is 9.32.